The maximum atomic E-state index is 12.2. The molecule has 0 N–H and O–H groups in total. The molecule has 1 fully saturated rings. The predicted octanol–water partition coefficient (Wildman–Crippen LogP) is 1.15. The van der Waals surface area contributed by atoms with Gasteiger partial charge in [0.25, 0.3) is 11.2 Å². The second kappa shape index (κ2) is 10.8. The van der Waals surface area contributed by atoms with Gasteiger partial charge in [-0.1, -0.05) is 12.7 Å². The third kappa shape index (κ3) is 5.80. The molecule has 0 atom stereocenters. The lowest BCUT2D eigenvalue weighted by atomic mass is 10.2. The first-order valence-electron chi connectivity index (χ1n) is 10.7. The highest BCUT2D eigenvalue weighted by Crippen LogP contribution is 2.31. The summed E-state index contributed by atoms with van der Waals surface area (Å²) in [5.74, 6) is 1.41. The van der Waals surface area contributed by atoms with E-state index in [0.717, 1.165) is 30.6 Å². The summed E-state index contributed by atoms with van der Waals surface area (Å²) in [6, 6.07) is 5.78. The van der Waals surface area contributed by atoms with Crippen molar-refractivity contribution in [2.75, 3.05) is 50.8 Å². The van der Waals surface area contributed by atoms with Crippen molar-refractivity contribution in [2.24, 2.45) is 14.1 Å². The monoisotopic (exact) mass is 459 g/mol. The van der Waals surface area contributed by atoms with Gasteiger partial charge >= 0.3 is 5.69 Å². The van der Waals surface area contributed by atoms with Crippen LogP contribution in [0.2, 0.25) is 0 Å². The molecular weight excluding hydrogens is 430 g/mol. The van der Waals surface area contributed by atoms with E-state index in [-0.39, 0.29) is 23.5 Å². The fourth-order valence-corrected chi connectivity index (χ4v) is 3.69. The highest BCUT2D eigenvalue weighted by atomic mass is 16.6. The summed E-state index contributed by atoms with van der Waals surface area (Å²) in [5, 5.41) is 11.0. The minimum Gasteiger partial charge on any atom is -0.490 e. The van der Waals surface area contributed by atoms with Crippen molar-refractivity contribution >= 4 is 11.5 Å². The van der Waals surface area contributed by atoms with E-state index in [2.05, 4.69) is 16.4 Å². The van der Waals surface area contributed by atoms with Crippen LogP contribution in [-0.4, -0.2) is 64.9 Å². The lowest BCUT2D eigenvalue weighted by molar-refractivity contribution is -0.385. The molecule has 33 heavy (non-hydrogen) atoms. The van der Waals surface area contributed by atoms with E-state index in [0.29, 0.717) is 37.0 Å². The topological polar surface area (TPSA) is 112 Å². The van der Waals surface area contributed by atoms with E-state index in [4.69, 9.17) is 9.47 Å². The molecule has 1 saturated heterocycles. The Labute approximate surface area is 191 Å². The summed E-state index contributed by atoms with van der Waals surface area (Å²) in [6.45, 7) is 8.09. The van der Waals surface area contributed by atoms with Crippen LogP contribution in [0.1, 0.15) is 6.42 Å². The summed E-state index contributed by atoms with van der Waals surface area (Å²) >= 11 is 0. The van der Waals surface area contributed by atoms with Crippen LogP contribution in [0.3, 0.4) is 0 Å². The highest BCUT2D eigenvalue weighted by molar-refractivity contribution is 5.48. The number of hydrogen-bond donors (Lipinski definition) is 0. The van der Waals surface area contributed by atoms with Gasteiger partial charge in [0.2, 0.25) is 0 Å². The van der Waals surface area contributed by atoms with Crippen LogP contribution in [0.25, 0.3) is 0 Å². The van der Waals surface area contributed by atoms with Gasteiger partial charge in [-0.05, 0) is 12.5 Å². The van der Waals surface area contributed by atoms with Crippen LogP contribution >= 0.6 is 0 Å². The van der Waals surface area contributed by atoms with Gasteiger partial charge in [-0.2, -0.15) is 0 Å². The zero-order valence-electron chi connectivity index (χ0n) is 18.9. The zero-order valence-corrected chi connectivity index (χ0v) is 18.9. The molecule has 11 nitrogen and oxygen atoms in total. The summed E-state index contributed by atoms with van der Waals surface area (Å²) in [6.07, 6.45) is 2.33. The van der Waals surface area contributed by atoms with E-state index >= 15 is 0 Å². The Morgan fingerprint density at radius 1 is 1.06 bits per heavy atom. The van der Waals surface area contributed by atoms with Crippen molar-refractivity contribution in [3.8, 4) is 11.5 Å². The first-order valence-corrected chi connectivity index (χ1v) is 10.7. The summed E-state index contributed by atoms with van der Waals surface area (Å²) < 4.78 is 13.9. The number of hydrogen-bond acceptors (Lipinski definition) is 8. The van der Waals surface area contributed by atoms with Crippen LogP contribution in [-0.2, 0) is 14.1 Å². The molecule has 0 radical (unpaired) electrons. The number of ether oxygens (including phenoxy) is 2. The molecule has 2 heterocycles. The summed E-state index contributed by atoms with van der Waals surface area (Å²) in [4.78, 5) is 39.0. The Morgan fingerprint density at radius 2 is 1.79 bits per heavy atom. The van der Waals surface area contributed by atoms with Gasteiger partial charge in [-0.3, -0.25) is 28.9 Å². The van der Waals surface area contributed by atoms with Gasteiger partial charge in [-0.25, -0.2) is 4.79 Å². The number of nitro groups is 1. The first-order chi connectivity index (χ1) is 15.8. The molecule has 1 aliphatic rings. The van der Waals surface area contributed by atoms with Gasteiger partial charge in [0.1, 0.15) is 12.4 Å². The third-order valence-corrected chi connectivity index (χ3v) is 5.57. The number of aromatic nitrogens is 2. The van der Waals surface area contributed by atoms with Gasteiger partial charge in [0.15, 0.2) is 11.5 Å². The molecule has 0 spiro atoms. The fourth-order valence-electron chi connectivity index (χ4n) is 3.69. The molecule has 0 unspecified atom stereocenters. The molecule has 3 rings (SSSR count). The summed E-state index contributed by atoms with van der Waals surface area (Å²) in [7, 11) is 3.14. The lowest BCUT2D eigenvalue weighted by Gasteiger charge is -2.36. The van der Waals surface area contributed by atoms with Gasteiger partial charge in [-0.15, -0.1) is 0 Å². The average Bonchev–Trinajstić information content (AvgIpc) is 2.82. The highest BCUT2D eigenvalue weighted by Gasteiger charge is 2.20. The van der Waals surface area contributed by atoms with E-state index in [9.17, 15) is 19.7 Å². The largest absolute Gasteiger partial charge is 0.490 e. The Bertz CT molecular complexity index is 1120. The Hall–Kier alpha value is -3.60. The molecule has 0 saturated carbocycles. The van der Waals surface area contributed by atoms with E-state index in [1.807, 2.05) is 0 Å². The van der Waals surface area contributed by atoms with Crippen molar-refractivity contribution in [3.63, 3.8) is 0 Å². The quantitative estimate of drug-likeness (QED) is 0.225. The number of nitro benzene ring substituents is 1. The standard InChI is InChI=1S/C22H29N5O6/c1-4-13-32-19-15-17(27(30)31)6-7-18(19)33-14-5-8-25-9-11-26(12-10-25)20-16-21(28)24(3)22(29)23(20)2/h4,6-7,15-16H,1,5,8-14H2,2-3H3. The number of nitrogens with zero attached hydrogens (tertiary/aromatic N) is 5. The Morgan fingerprint density at radius 3 is 2.45 bits per heavy atom. The van der Waals surface area contributed by atoms with Crippen LogP contribution in [0, 0.1) is 10.1 Å². The molecule has 0 bridgehead atoms. The summed E-state index contributed by atoms with van der Waals surface area (Å²) in [5.41, 5.74) is -0.705. The molecule has 0 amide bonds. The molecule has 1 aromatic heterocycles. The average molecular weight is 460 g/mol. The molecule has 2 aromatic rings. The first kappa shape index (κ1) is 24.1. The van der Waals surface area contributed by atoms with Crippen molar-refractivity contribution in [1.29, 1.82) is 0 Å². The minimum atomic E-state index is -0.477. The number of benzene rings is 1. The number of non-ortho nitro benzene ring substituents is 1. The van der Waals surface area contributed by atoms with Crippen LogP contribution in [0.5, 0.6) is 11.5 Å². The van der Waals surface area contributed by atoms with Gasteiger partial charge < -0.3 is 14.4 Å². The number of rotatable bonds is 10. The van der Waals surface area contributed by atoms with Crippen LogP contribution in [0.4, 0.5) is 11.5 Å². The fraction of sp³-hybridized carbons (Fsp3) is 0.455. The third-order valence-electron chi connectivity index (χ3n) is 5.57. The van der Waals surface area contributed by atoms with Gasteiger partial charge in [0, 0.05) is 59.0 Å². The van der Waals surface area contributed by atoms with Crippen molar-refractivity contribution in [2.45, 2.75) is 6.42 Å². The molecular formula is C22H29N5O6. The maximum Gasteiger partial charge on any atom is 0.332 e. The number of piperazine rings is 1. The van der Waals surface area contributed by atoms with Crippen LogP contribution < -0.4 is 25.6 Å². The van der Waals surface area contributed by atoms with E-state index in [1.165, 1.54) is 29.8 Å². The van der Waals surface area contributed by atoms with Crippen LogP contribution in [0.15, 0.2) is 46.5 Å². The second-order valence-electron chi connectivity index (χ2n) is 7.76. The number of anilines is 1. The van der Waals surface area contributed by atoms with Gasteiger partial charge in [0.05, 0.1) is 17.6 Å². The zero-order chi connectivity index (χ0) is 24.0. The van der Waals surface area contributed by atoms with Crippen molar-refractivity contribution < 1.29 is 14.4 Å². The smallest absolute Gasteiger partial charge is 0.332 e. The molecule has 1 aromatic carbocycles. The predicted molar refractivity (Wildman–Crippen MR) is 124 cm³/mol. The lowest BCUT2D eigenvalue weighted by Crippen LogP contribution is -2.49. The molecule has 178 valence electrons. The normalized spacial score (nSPS) is 14.2. The molecule has 11 heteroatoms. The Kier molecular flexibility index (Phi) is 7.88. The van der Waals surface area contributed by atoms with E-state index in [1.54, 1.807) is 19.2 Å². The minimum absolute atomic E-state index is 0.0620. The van der Waals surface area contributed by atoms with Crippen molar-refractivity contribution in [3.05, 3.63) is 67.9 Å². The van der Waals surface area contributed by atoms with E-state index < -0.39 is 4.92 Å². The molecule has 0 aliphatic carbocycles. The Balaban J connectivity index is 1.50. The molecule has 1 aliphatic heterocycles. The second-order valence-corrected chi connectivity index (χ2v) is 7.76. The van der Waals surface area contributed by atoms with Crippen molar-refractivity contribution in [1.82, 2.24) is 14.0 Å². The maximum absolute atomic E-state index is 12.2. The SMILES string of the molecule is C=CCOc1cc([N+](=O)[O-])ccc1OCCCN1CCN(c2cc(=O)n(C)c(=O)n2C)CC1.